The molecule has 66 valence electrons. The monoisotopic (exact) mass is 167 g/mol. The van der Waals surface area contributed by atoms with Crippen LogP contribution in [0, 0.1) is 0 Å². The maximum Gasteiger partial charge on any atom is 0.415 e. The number of hydrogen-bond acceptors (Lipinski definition) is 2. The predicted octanol–water partition coefficient (Wildman–Crippen LogP) is 1.92. The number of rotatable bonds is 2. The Kier molecular flexibility index (Phi) is 2.53. The van der Waals surface area contributed by atoms with E-state index in [4.69, 9.17) is 4.74 Å². The van der Waals surface area contributed by atoms with Crippen LogP contribution in [0.3, 0.4) is 0 Å². The van der Waals surface area contributed by atoms with Crippen molar-refractivity contribution in [3.8, 4) is 0 Å². The summed E-state index contributed by atoms with van der Waals surface area (Å²) in [4.78, 5) is 12.6. The van der Waals surface area contributed by atoms with Gasteiger partial charge in [-0.25, -0.2) is 4.79 Å². The maximum atomic E-state index is 11.0. The largest absolute Gasteiger partial charge is 0.415 e. The Morgan fingerprint density at radius 3 is 2.92 bits per heavy atom. The second-order valence-electron chi connectivity index (χ2n) is 2.75. The lowest BCUT2D eigenvalue weighted by Gasteiger charge is -2.25. The molecule has 0 atom stereocenters. The summed E-state index contributed by atoms with van der Waals surface area (Å²) in [6, 6.07) is 0. The zero-order valence-corrected chi connectivity index (χ0v) is 7.46. The number of carbonyl (C=O) groups is 1. The van der Waals surface area contributed by atoms with E-state index < -0.39 is 0 Å². The molecule has 0 unspecified atom stereocenters. The summed E-state index contributed by atoms with van der Waals surface area (Å²) >= 11 is 0. The number of amides is 1. The third-order valence-electron chi connectivity index (χ3n) is 1.90. The normalized spacial score (nSPS) is 17.8. The van der Waals surface area contributed by atoms with Crippen molar-refractivity contribution in [2.45, 2.75) is 13.3 Å². The summed E-state index contributed by atoms with van der Waals surface area (Å²) in [5, 5.41) is 0. The van der Waals surface area contributed by atoms with Gasteiger partial charge in [-0.05, 0) is 18.1 Å². The van der Waals surface area contributed by atoms with Crippen molar-refractivity contribution < 1.29 is 9.53 Å². The molecular formula is C9H13NO2. The van der Waals surface area contributed by atoms with E-state index in [0.717, 1.165) is 12.0 Å². The first kappa shape index (κ1) is 8.84. The van der Waals surface area contributed by atoms with Crippen molar-refractivity contribution in [1.82, 2.24) is 4.90 Å². The molecule has 1 rings (SSSR count). The highest BCUT2D eigenvalue weighted by Crippen LogP contribution is 2.18. The predicted molar refractivity (Wildman–Crippen MR) is 46.6 cm³/mol. The molecule has 1 amide bonds. The highest BCUT2D eigenvalue weighted by molar-refractivity contribution is 5.71. The SMILES string of the molecule is C=CC1=C(CC)CN(C)C(=O)O1. The summed E-state index contributed by atoms with van der Waals surface area (Å²) in [6.07, 6.45) is 2.17. The molecule has 0 saturated carbocycles. The number of ether oxygens (including phenoxy) is 1. The number of hydrogen-bond donors (Lipinski definition) is 0. The van der Waals surface area contributed by atoms with Crippen molar-refractivity contribution in [2.75, 3.05) is 13.6 Å². The zero-order chi connectivity index (χ0) is 9.14. The van der Waals surface area contributed by atoms with Gasteiger partial charge in [0.2, 0.25) is 0 Å². The summed E-state index contributed by atoms with van der Waals surface area (Å²) < 4.78 is 5.00. The third kappa shape index (κ3) is 1.49. The van der Waals surface area contributed by atoms with Gasteiger partial charge in [-0.2, -0.15) is 0 Å². The number of nitrogens with zero attached hydrogens (tertiary/aromatic N) is 1. The Bertz CT molecular complexity index is 243. The van der Waals surface area contributed by atoms with E-state index in [0.29, 0.717) is 12.3 Å². The van der Waals surface area contributed by atoms with Crippen LogP contribution in [0.2, 0.25) is 0 Å². The first-order chi connectivity index (χ1) is 5.69. The second-order valence-corrected chi connectivity index (χ2v) is 2.75. The van der Waals surface area contributed by atoms with Gasteiger partial charge < -0.3 is 9.64 Å². The first-order valence-electron chi connectivity index (χ1n) is 3.96. The molecule has 3 nitrogen and oxygen atoms in total. The maximum absolute atomic E-state index is 11.0. The minimum atomic E-state index is -0.304. The van der Waals surface area contributed by atoms with Gasteiger partial charge in [0, 0.05) is 13.6 Å². The van der Waals surface area contributed by atoms with Gasteiger partial charge in [-0.15, -0.1) is 0 Å². The van der Waals surface area contributed by atoms with Crippen LogP contribution in [0.15, 0.2) is 24.0 Å². The highest BCUT2D eigenvalue weighted by Gasteiger charge is 2.21. The van der Waals surface area contributed by atoms with Crippen molar-refractivity contribution in [1.29, 1.82) is 0 Å². The van der Waals surface area contributed by atoms with Gasteiger partial charge in [0.25, 0.3) is 0 Å². The van der Waals surface area contributed by atoms with Gasteiger partial charge in [-0.3, -0.25) is 0 Å². The molecule has 0 aromatic carbocycles. The molecule has 0 radical (unpaired) electrons. The van der Waals surface area contributed by atoms with Gasteiger partial charge in [0.15, 0.2) is 0 Å². The lowest BCUT2D eigenvalue weighted by atomic mass is 10.1. The molecule has 1 aliphatic heterocycles. The quantitative estimate of drug-likeness (QED) is 0.628. The number of allylic oxidation sites excluding steroid dienone is 1. The smallest absolute Gasteiger partial charge is 0.410 e. The zero-order valence-electron chi connectivity index (χ0n) is 7.46. The molecule has 0 saturated heterocycles. The lowest BCUT2D eigenvalue weighted by molar-refractivity contribution is 0.132. The summed E-state index contributed by atoms with van der Waals surface area (Å²) in [6.45, 7) is 6.27. The van der Waals surface area contributed by atoms with E-state index >= 15 is 0 Å². The molecule has 0 aromatic heterocycles. The average Bonchev–Trinajstić information content (AvgIpc) is 2.09. The van der Waals surface area contributed by atoms with Gasteiger partial charge in [-0.1, -0.05) is 13.5 Å². The van der Waals surface area contributed by atoms with Crippen LogP contribution >= 0.6 is 0 Å². The Morgan fingerprint density at radius 1 is 1.75 bits per heavy atom. The van der Waals surface area contributed by atoms with Crippen molar-refractivity contribution in [3.05, 3.63) is 24.0 Å². The van der Waals surface area contributed by atoms with Gasteiger partial charge in [0.1, 0.15) is 5.76 Å². The van der Waals surface area contributed by atoms with Crippen molar-refractivity contribution in [3.63, 3.8) is 0 Å². The van der Waals surface area contributed by atoms with Crippen LogP contribution in [0.25, 0.3) is 0 Å². The van der Waals surface area contributed by atoms with E-state index in [1.807, 2.05) is 6.92 Å². The van der Waals surface area contributed by atoms with Crippen molar-refractivity contribution in [2.24, 2.45) is 0 Å². The topological polar surface area (TPSA) is 29.5 Å². The molecule has 0 bridgehead atoms. The lowest BCUT2D eigenvalue weighted by Crippen LogP contribution is -2.33. The molecule has 0 aromatic rings. The standard InChI is InChI=1S/C9H13NO2/c1-4-7-6-10(3)9(11)12-8(7)5-2/h5H,2,4,6H2,1,3H3. The molecule has 0 spiro atoms. The van der Waals surface area contributed by atoms with Crippen LogP contribution in [0.4, 0.5) is 4.79 Å². The first-order valence-corrected chi connectivity index (χ1v) is 3.96. The van der Waals surface area contributed by atoms with E-state index in [1.165, 1.54) is 0 Å². The van der Waals surface area contributed by atoms with Gasteiger partial charge >= 0.3 is 6.09 Å². The Labute approximate surface area is 72.3 Å². The number of cyclic esters (lactones) is 1. The second kappa shape index (κ2) is 3.43. The van der Waals surface area contributed by atoms with Crippen LogP contribution < -0.4 is 0 Å². The molecule has 0 fully saturated rings. The number of likely N-dealkylation sites (N-methyl/N-ethyl adjacent to an activating group) is 1. The van der Waals surface area contributed by atoms with Crippen LogP contribution in [0.5, 0.6) is 0 Å². The van der Waals surface area contributed by atoms with Crippen LogP contribution in [0.1, 0.15) is 13.3 Å². The highest BCUT2D eigenvalue weighted by atomic mass is 16.6. The van der Waals surface area contributed by atoms with Gasteiger partial charge in [0.05, 0.1) is 0 Å². The molecular weight excluding hydrogens is 154 g/mol. The average molecular weight is 167 g/mol. The molecule has 0 aliphatic carbocycles. The summed E-state index contributed by atoms with van der Waals surface area (Å²) in [7, 11) is 1.72. The molecule has 3 heteroatoms. The molecule has 0 N–H and O–H groups in total. The Balaban J connectivity index is 2.89. The molecule has 1 heterocycles. The molecule has 1 aliphatic rings. The van der Waals surface area contributed by atoms with Crippen molar-refractivity contribution >= 4 is 6.09 Å². The fourth-order valence-corrected chi connectivity index (χ4v) is 1.14. The van der Waals surface area contributed by atoms with Crippen LogP contribution in [-0.2, 0) is 4.74 Å². The third-order valence-corrected chi connectivity index (χ3v) is 1.90. The minimum absolute atomic E-state index is 0.304. The van der Waals surface area contributed by atoms with E-state index in [9.17, 15) is 4.79 Å². The van der Waals surface area contributed by atoms with E-state index in [1.54, 1.807) is 18.0 Å². The Morgan fingerprint density at radius 2 is 2.42 bits per heavy atom. The fourth-order valence-electron chi connectivity index (χ4n) is 1.14. The van der Waals surface area contributed by atoms with E-state index in [2.05, 4.69) is 6.58 Å². The summed E-state index contributed by atoms with van der Waals surface area (Å²) in [5.74, 6) is 0.626. The minimum Gasteiger partial charge on any atom is -0.410 e. The Hall–Kier alpha value is -1.25. The molecule has 12 heavy (non-hydrogen) atoms. The fraction of sp³-hybridized carbons (Fsp3) is 0.444. The van der Waals surface area contributed by atoms with Crippen LogP contribution in [-0.4, -0.2) is 24.6 Å². The summed E-state index contributed by atoms with van der Waals surface area (Å²) in [5.41, 5.74) is 1.12. The number of carbonyl (C=O) groups excluding carboxylic acids is 1. The van der Waals surface area contributed by atoms with E-state index in [-0.39, 0.29) is 6.09 Å².